The first kappa shape index (κ1) is 14.4. The maximum Gasteiger partial charge on any atom is 0.254 e. The molecule has 3 rings (SSSR count). The van der Waals surface area contributed by atoms with Gasteiger partial charge in [0.15, 0.2) is 0 Å². The molecule has 1 saturated heterocycles. The molecule has 0 radical (unpaired) electrons. The molecule has 0 N–H and O–H groups in total. The molecule has 0 spiro atoms. The van der Waals surface area contributed by atoms with Gasteiger partial charge in [0.25, 0.3) is 5.91 Å². The van der Waals surface area contributed by atoms with E-state index in [1.54, 1.807) is 24.5 Å². The number of anilines is 1. The molecular weight excluding hydrogens is 278 g/mol. The zero-order valence-electron chi connectivity index (χ0n) is 12.9. The molecule has 1 aliphatic heterocycles. The van der Waals surface area contributed by atoms with Crippen LogP contribution in [0.15, 0.2) is 30.6 Å². The zero-order valence-corrected chi connectivity index (χ0v) is 12.9. The Kier molecular flexibility index (Phi) is 4.00. The monoisotopic (exact) mass is 297 g/mol. The molecule has 1 amide bonds. The number of aryl methyl sites for hydroxylation is 2. The van der Waals surface area contributed by atoms with Crippen molar-refractivity contribution in [1.82, 2.24) is 19.9 Å². The average molecular weight is 297 g/mol. The van der Waals surface area contributed by atoms with E-state index in [0.29, 0.717) is 18.7 Å². The third-order valence-corrected chi connectivity index (χ3v) is 3.77. The summed E-state index contributed by atoms with van der Waals surface area (Å²) in [4.78, 5) is 29.2. The van der Waals surface area contributed by atoms with Crippen molar-refractivity contribution < 1.29 is 4.79 Å². The van der Waals surface area contributed by atoms with Crippen molar-refractivity contribution >= 4 is 11.7 Å². The number of aromatic nitrogens is 3. The first-order valence-electron chi connectivity index (χ1n) is 7.40. The van der Waals surface area contributed by atoms with Gasteiger partial charge in [0.05, 0.1) is 0 Å². The molecule has 6 nitrogen and oxygen atoms in total. The third kappa shape index (κ3) is 3.05. The summed E-state index contributed by atoms with van der Waals surface area (Å²) in [7, 11) is 0. The average Bonchev–Trinajstić information content (AvgIpc) is 2.54. The molecule has 0 atom stereocenters. The van der Waals surface area contributed by atoms with Gasteiger partial charge in [-0.15, -0.1) is 0 Å². The van der Waals surface area contributed by atoms with Crippen LogP contribution in [0.2, 0.25) is 0 Å². The molecule has 3 heterocycles. The van der Waals surface area contributed by atoms with Crippen molar-refractivity contribution in [3.05, 3.63) is 47.7 Å². The van der Waals surface area contributed by atoms with E-state index in [9.17, 15) is 4.79 Å². The Balaban J connectivity index is 1.66. The van der Waals surface area contributed by atoms with Gasteiger partial charge >= 0.3 is 0 Å². The van der Waals surface area contributed by atoms with E-state index in [1.807, 2.05) is 24.8 Å². The molecule has 0 unspecified atom stereocenters. The first-order valence-corrected chi connectivity index (χ1v) is 7.40. The van der Waals surface area contributed by atoms with Gasteiger partial charge in [0.1, 0.15) is 11.6 Å². The Morgan fingerprint density at radius 3 is 2.36 bits per heavy atom. The first-order chi connectivity index (χ1) is 10.6. The highest BCUT2D eigenvalue weighted by atomic mass is 16.2. The number of piperazine rings is 1. The van der Waals surface area contributed by atoms with Gasteiger partial charge in [-0.25, -0.2) is 9.97 Å². The lowest BCUT2D eigenvalue weighted by atomic mass is 10.2. The van der Waals surface area contributed by atoms with Crippen molar-refractivity contribution in [2.45, 2.75) is 13.8 Å². The second-order valence-electron chi connectivity index (χ2n) is 5.43. The van der Waals surface area contributed by atoms with Crippen LogP contribution in [0.1, 0.15) is 21.9 Å². The topological polar surface area (TPSA) is 62.2 Å². The molecule has 0 aromatic carbocycles. The van der Waals surface area contributed by atoms with Crippen LogP contribution in [0.4, 0.5) is 5.82 Å². The number of amides is 1. The summed E-state index contributed by atoms with van der Waals surface area (Å²) in [6, 6.07) is 5.51. The highest BCUT2D eigenvalue weighted by Gasteiger charge is 2.23. The Bertz CT molecular complexity index is 645. The fraction of sp³-hybridized carbons (Fsp3) is 0.375. The molecule has 0 saturated carbocycles. The van der Waals surface area contributed by atoms with E-state index < -0.39 is 0 Å². The van der Waals surface area contributed by atoms with E-state index in [2.05, 4.69) is 19.9 Å². The van der Waals surface area contributed by atoms with E-state index in [0.717, 1.165) is 30.4 Å². The molecule has 1 aliphatic rings. The quantitative estimate of drug-likeness (QED) is 0.839. The molecule has 1 fully saturated rings. The lowest BCUT2D eigenvalue weighted by Crippen LogP contribution is -2.49. The highest BCUT2D eigenvalue weighted by molar-refractivity contribution is 5.94. The van der Waals surface area contributed by atoms with Crippen LogP contribution in [0.5, 0.6) is 0 Å². The minimum Gasteiger partial charge on any atom is -0.353 e. The molecular formula is C16H19N5O. The van der Waals surface area contributed by atoms with Crippen LogP contribution in [0, 0.1) is 13.8 Å². The van der Waals surface area contributed by atoms with Gasteiger partial charge < -0.3 is 9.80 Å². The van der Waals surface area contributed by atoms with E-state index in [-0.39, 0.29) is 5.91 Å². The number of pyridine rings is 1. The van der Waals surface area contributed by atoms with Gasteiger partial charge in [-0.05, 0) is 26.0 Å². The number of rotatable bonds is 2. The summed E-state index contributed by atoms with van der Waals surface area (Å²) in [5.41, 5.74) is 1.66. The highest BCUT2D eigenvalue weighted by Crippen LogP contribution is 2.16. The second kappa shape index (κ2) is 6.09. The molecule has 0 bridgehead atoms. The predicted molar refractivity (Wildman–Crippen MR) is 83.9 cm³/mol. The maximum absolute atomic E-state index is 12.4. The predicted octanol–water partition coefficient (Wildman–Crippen LogP) is 1.45. The van der Waals surface area contributed by atoms with Crippen LogP contribution in [-0.2, 0) is 0 Å². The minimum absolute atomic E-state index is 0.0668. The van der Waals surface area contributed by atoms with E-state index in [4.69, 9.17) is 0 Å². The maximum atomic E-state index is 12.4. The molecule has 2 aromatic rings. The summed E-state index contributed by atoms with van der Waals surface area (Å²) < 4.78 is 0. The summed E-state index contributed by atoms with van der Waals surface area (Å²) in [6.07, 6.45) is 3.30. The summed E-state index contributed by atoms with van der Waals surface area (Å²) in [5, 5.41) is 0. The fourth-order valence-corrected chi connectivity index (χ4v) is 2.68. The lowest BCUT2D eigenvalue weighted by molar-refractivity contribution is 0.0746. The molecule has 0 aliphatic carbocycles. The van der Waals surface area contributed by atoms with Crippen LogP contribution in [0.3, 0.4) is 0 Å². The smallest absolute Gasteiger partial charge is 0.254 e. The summed E-state index contributed by atoms with van der Waals surface area (Å²) >= 11 is 0. The zero-order chi connectivity index (χ0) is 15.5. The number of carbonyl (C=O) groups is 1. The number of carbonyl (C=O) groups excluding carboxylic acids is 1. The number of hydrogen-bond donors (Lipinski definition) is 0. The Morgan fingerprint density at radius 1 is 1.05 bits per heavy atom. The largest absolute Gasteiger partial charge is 0.353 e. The normalized spacial score (nSPS) is 15.0. The van der Waals surface area contributed by atoms with Crippen molar-refractivity contribution in [2.24, 2.45) is 0 Å². The van der Waals surface area contributed by atoms with Crippen LogP contribution in [0.25, 0.3) is 0 Å². The number of nitrogens with zero attached hydrogens (tertiary/aromatic N) is 5. The van der Waals surface area contributed by atoms with Gasteiger partial charge in [0.2, 0.25) is 0 Å². The van der Waals surface area contributed by atoms with Crippen LogP contribution >= 0.6 is 0 Å². The van der Waals surface area contributed by atoms with Gasteiger partial charge in [-0.1, -0.05) is 0 Å². The minimum atomic E-state index is 0.0668. The molecule has 114 valence electrons. The van der Waals surface area contributed by atoms with E-state index >= 15 is 0 Å². The fourth-order valence-electron chi connectivity index (χ4n) is 2.68. The van der Waals surface area contributed by atoms with Crippen molar-refractivity contribution in [3.63, 3.8) is 0 Å². The van der Waals surface area contributed by atoms with Crippen LogP contribution < -0.4 is 4.90 Å². The lowest BCUT2D eigenvalue weighted by Gasteiger charge is -2.35. The Morgan fingerprint density at radius 2 is 1.73 bits per heavy atom. The van der Waals surface area contributed by atoms with Crippen molar-refractivity contribution in [1.29, 1.82) is 0 Å². The van der Waals surface area contributed by atoms with Crippen LogP contribution in [-0.4, -0.2) is 51.9 Å². The van der Waals surface area contributed by atoms with E-state index in [1.165, 1.54) is 0 Å². The standard InChI is InChI=1S/C16H19N5O/c1-12-11-15(19-13(2)18-12)20-7-9-21(10-8-20)16(22)14-3-5-17-6-4-14/h3-6,11H,7-10H2,1-2H3. The van der Waals surface area contributed by atoms with Crippen molar-refractivity contribution in [2.75, 3.05) is 31.1 Å². The third-order valence-electron chi connectivity index (χ3n) is 3.77. The SMILES string of the molecule is Cc1cc(N2CCN(C(=O)c3ccncc3)CC2)nc(C)n1. The summed E-state index contributed by atoms with van der Waals surface area (Å²) in [5.74, 6) is 1.79. The van der Waals surface area contributed by atoms with Gasteiger partial charge in [-0.2, -0.15) is 0 Å². The molecule has 22 heavy (non-hydrogen) atoms. The molecule has 2 aromatic heterocycles. The molecule has 6 heteroatoms. The Labute approximate surface area is 129 Å². The second-order valence-corrected chi connectivity index (χ2v) is 5.43. The van der Waals surface area contributed by atoms with Gasteiger partial charge in [-0.3, -0.25) is 9.78 Å². The number of hydrogen-bond acceptors (Lipinski definition) is 5. The van der Waals surface area contributed by atoms with Crippen molar-refractivity contribution in [3.8, 4) is 0 Å². The summed E-state index contributed by atoms with van der Waals surface area (Å²) in [6.45, 7) is 6.84. The van der Waals surface area contributed by atoms with Gasteiger partial charge in [0, 0.05) is 55.9 Å². The Hall–Kier alpha value is -2.50.